The molecule has 1 aliphatic heterocycles. The van der Waals surface area contributed by atoms with Crippen molar-refractivity contribution in [3.63, 3.8) is 0 Å². The minimum atomic E-state index is -0.261. The molecule has 5 nitrogen and oxygen atoms in total. The van der Waals surface area contributed by atoms with Gasteiger partial charge in [-0.15, -0.1) is 11.8 Å². The van der Waals surface area contributed by atoms with E-state index in [4.69, 9.17) is 0 Å². The van der Waals surface area contributed by atoms with Gasteiger partial charge in [0.15, 0.2) is 0 Å². The Kier molecular flexibility index (Phi) is 7.26. The minimum Gasteiger partial charge on any atom is -0.299 e. The topological polar surface area (TPSA) is 71.5 Å². The van der Waals surface area contributed by atoms with Crippen LogP contribution in [-0.4, -0.2) is 46.3 Å². The number of ketones is 2. The lowest BCUT2D eigenvalue weighted by atomic mass is 9.81. The Bertz CT molecular complexity index is 439. The van der Waals surface area contributed by atoms with E-state index in [1.54, 1.807) is 6.92 Å². The minimum absolute atomic E-state index is 0.0612. The lowest BCUT2D eigenvalue weighted by molar-refractivity contribution is -0.152. The van der Waals surface area contributed by atoms with Gasteiger partial charge in [0.1, 0.15) is 11.6 Å². The van der Waals surface area contributed by atoms with Gasteiger partial charge in [0, 0.05) is 32.2 Å². The van der Waals surface area contributed by atoms with Gasteiger partial charge in [-0.3, -0.25) is 24.1 Å². The van der Waals surface area contributed by atoms with Gasteiger partial charge in [0.2, 0.25) is 11.8 Å². The number of thioether (sulfide) groups is 1. The van der Waals surface area contributed by atoms with Crippen LogP contribution in [0.4, 0.5) is 0 Å². The molecule has 0 aromatic rings. The number of carbonyl (C=O) groups excluding carboxylic acids is 4. The van der Waals surface area contributed by atoms with Gasteiger partial charge in [0.25, 0.3) is 0 Å². The highest BCUT2D eigenvalue weighted by molar-refractivity contribution is 8.00. The van der Waals surface area contributed by atoms with Gasteiger partial charge < -0.3 is 0 Å². The molecule has 1 rings (SSSR count). The summed E-state index contributed by atoms with van der Waals surface area (Å²) in [6.45, 7) is 5.95. The van der Waals surface area contributed by atoms with E-state index in [-0.39, 0.29) is 28.8 Å². The molecule has 22 heavy (non-hydrogen) atoms. The lowest BCUT2D eigenvalue weighted by Gasteiger charge is -2.34. The Morgan fingerprint density at radius 3 is 2.18 bits per heavy atom. The summed E-state index contributed by atoms with van der Waals surface area (Å²) in [5, 5.41) is 0. The highest BCUT2D eigenvalue weighted by Crippen LogP contribution is 2.31. The van der Waals surface area contributed by atoms with E-state index in [0.29, 0.717) is 50.2 Å². The monoisotopic (exact) mass is 327 g/mol. The standard InChI is InChI=1S/C16H25NO4S/c1-4-12(18)10-22-11-13(19)6-5-7-17-14(20)8-16(2,3)9-15(17)21/h4-11H2,1-3H3. The highest BCUT2D eigenvalue weighted by atomic mass is 32.2. The molecule has 0 aliphatic carbocycles. The zero-order valence-electron chi connectivity index (χ0n) is 13.6. The van der Waals surface area contributed by atoms with Crippen molar-refractivity contribution in [3.8, 4) is 0 Å². The number of hydrogen-bond donors (Lipinski definition) is 0. The molecule has 0 bridgehead atoms. The second-order valence-corrected chi connectivity index (χ2v) is 7.47. The average Bonchev–Trinajstić information content (AvgIpc) is 2.40. The predicted octanol–water partition coefficient (Wildman–Crippen LogP) is 2.22. The number of likely N-dealkylation sites (tertiary alicyclic amines) is 1. The quantitative estimate of drug-likeness (QED) is 0.607. The molecule has 0 N–H and O–H groups in total. The molecule has 1 heterocycles. The Morgan fingerprint density at radius 1 is 1.09 bits per heavy atom. The van der Waals surface area contributed by atoms with Gasteiger partial charge in [-0.1, -0.05) is 20.8 Å². The number of hydrogen-bond acceptors (Lipinski definition) is 5. The fourth-order valence-corrected chi connectivity index (χ4v) is 3.25. The van der Waals surface area contributed by atoms with Crippen LogP contribution in [-0.2, 0) is 19.2 Å². The van der Waals surface area contributed by atoms with Gasteiger partial charge in [-0.2, -0.15) is 0 Å². The van der Waals surface area contributed by atoms with E-state index < -0.39 is 0 Å². The molecule has 0 unspecified atom stereocenters. The van der Waals surface area contributed by atoms with Crippen LogP contribution in [0.2, 0.25) is 0 Å². The Labute approximate surface area is 136 Å². The third kappa shape index (κ3) is 6.30. The summed E-state index contributed by atoms with van der Waals surface area (Å²) in [5.41, 5.74) is -0.261. The summed E-state index contributed by atoms with van der Waals surface area (Å²) in [5.74, 6) is 0.616. The first-order valence-electron chi connectivity index (χ1n) is 7.69. The fourth-order valence-electron chi connectivity index (χ4n) is 2.35. The molecule has 0 saturated carbocycles. The molecule has 2 amide bonds. The van der Waals surface area contributed by atoms with Crippen LogP contribution >= 0.6 is 11.8 Å². The Hall–Kier alpha value is -1.17. The fraction of sp³-hybridized carbons (Fsp3) is 0.750. The van der Waals surface area contributed by atoms with Crippen molar-refractivity contribution in [2.24, 2.45) is 5.41 Å². The third-order valence-electron chi connectivity index (χ3n) is 3.62. The van der Waals surface area contributed by atoms with Crippen molar-refractivity contribution in [2.75, 3.05) is 18.1 Å². The van der Waals surface area contributed by atoms with E-state index >= 15 is 0 Å². The zero-order chi connectivity index (χ0) is 16.8. The summed E-state index contributed by atoms with van der Waals surface area (Å²) in [6.07, 6.45) is 2.09. The summed E-state index contributed by atoms with van der Waals surface area (Å²) in [7, 11) is 0. The highest BCUT2D eigenvalue weighted by Gasteiger charge is 2.36. The number of carbonyl (C=O) groups is 4. The normalized spacial score (nSPS) is 17.7. The number of Topliss-reactive ketones (excluding diaryl/α,β-unsaturated/α-hetero) is 2. The molecule has 0 atom stereocenters. The molecule has 1 aliphatic rings. The van der Waals surface area contributed by atoms with Crippen molar-refractivity contribution in [3.05, 3.63) is 0 Å². The average molecular weight is 327 g/mol. The first kappa shape index (κ1) is 18.9. The van der Waals surface area contributed by atoms with Crippen LogP contribution in [0.15, 0.2) is 0 Å². The van der Waals surface area contributed by atoms with Crippen LogP contribution in [0.1, 0.15) is 52.9 Å². The molecule has 0 aromatic heterocycles. The van der Waals surface area contributed by atoms with E-state index in [2.05, 4.69) is 0 Å². The van der Waals surface area contributed by atoms with Crippen molar-refractivity contribution in [2.45, 2.75) is 52.9 Å². The molecule has 124 valence electrons. The lowest BCUT2D eigenvalue weighted by Crippen LogP contribution is -2.46. The molecular formula is C16H25NO4S. The van der Waals surface area contributed by atoms with Crippen LogP contribution in [0.25, 0.3) is 0 Å². The summed E-state index contributed by atoms with van der Waals surface area (Å²) >= 11 is 1.33. The van der Waals surface area contributed by atoms with Crippen molar-refractivity contribution in [1.29, 1.82) is 0 Å². The van der Waals surface area contributed by atoms with E-state index in [9.17, 15) is 19.2 Å². The third-order valence-corrected chi connectivity index (χ3v) is 4.67. The number of imide groups is 1. The molecule has 6 heteroatoms. The Morgan fingerprint density at radius 2 is 1.64 bits per heavy atom. The molecule has 0 aromatic carbocycles. The molecule has 1 saturated heterocycles. The first-order valence-corrected chi connectivity index (χ1v) is 8.85. The smallest absolute Gasteiger partial charge is 0.229 e. The maximum absolute atomic E-state index is 12.0. The Balaban J connectivity index is 2.26. The first-order chi connectivity index (χ1) is 10.2. The van der Waals surface area contributed by atoms with Crippen molar-refractivity contribution < 1.29 is 19.2 Å². The maximum atomic E-state index is 12.0. The second kappa shape index (κ2) is 8.46. The van der Waals surface area contributed by atoms with Crippen molar-refractivity contribution >= 4 is 35.1 Å². The van der Waals surface area contributed by atoms with Crippen molar-refractivity contribution in [1.82, 2.24) is 4.90 Å². The summed E-state index contributed by atoms with van der Waals surface area (Å²) < 4.78 is 0. The van der Waals surface area contributed by atoms with E-state index in [1.807, 2.05) is 13.8 Å². The summed E-state index contributed by atoms with van der Waals surface area (Å²) in [4.78, 5) is 48.0. The molecule has 1 fully saturated rings. The molecule has 0 radical (unpaired) electrons. The summed E-state index contributed by atoms with van der Waals surface area (Å²) in [6, 6.07) is 0. The number of nitrogens with zero attached hydrogens (tertiary/aromatic N) is 1. The van der Waals surface area contributed by atoms with Crippen LogP contribution in [0, 0.1) is 5.41 Å². The SMILES string of the molecule is CCC(=O)CSCC(=O)CCCN1C(=O)CC(C)(C)CC1=O. The van der Waals surface area contributed by atoms with Gasteiger partial charge >= 0.3 is 0 Å². The predicted molar refractivity (Wildman–Crippen MR) is 86.6 cm³/mol. The number of amides is 2. The van der Waals surface area contributed by atoms with Crippen LogP contribution in [0.5, 0.6) is 0 Å². The molecule has 0 spiro atoms. The van der Waals surface area contributed by atoms with Gasteiger partial charge in [-0.25, -0.2) is 0 Å². The van der Waals surface area contributed by atoms with Gasteiger partial charge in [-0.05, 0) is 11.8 Å². The number of rotatable bonds is 9. The largest absolute Gasteiger partial charge is 0.299 e. The van der Waals surface area contributed by atoms with E-state index in [0.717, 1.165) is 0 Å². The second-order valence-electron chi connectivity index (χ2n) is 6.48. The van der Waals surface area contributed by atoms with E-state index in [1.165, 1.54) is 16.7 Å². The van der Waals surface area contributed by atoms with Crippen LogP contribution < -0.4 is 0 Å². The number of piperidine rings is 1. The van der Waals surface area contributed by atoms with Gasteiger partial charge in [0.05, 0.1) is 11.5 Å². The van der Waals surface area contributed by atoms with Crippen LogP contribution in [0.3, 0.4) is 0 Å². The maximum Gasteiger partial charge on any atom is 0.229 e. The molecular weight excluding hydrogens is 302 g/mol. The zero-order valence-corrected chi connectivity index (χ0v) is 14.5.